The van der Waals surface area contributed by atoms with Crippen molar-refractivity contribution in [3.63, 3.8) is 0 Å². The molecule has 20 heavy (non-hydrogen) atoms. The van der Waals surface area contributed by atoms with Gasteiger partial charge in [0.15, 0.2) is 0 Å². The van der Waals surface area contributed by atoms with Crippen molar-refractivity contribution >= 4 is 39.1 Å². The van der Waals surface area contributed by atoms with Gasteiger partial charge in [-0.05, 0) is 46.3 Å². The topological polar surface area (TPSA) is 38.3 Å². The SMILES string of the molecule is COc1cc(NC(=O)c2ccc(Br)c(F)c2)ccc1Cl. The van der Waals surface area contributed by atoms with E-state index in [0.717, 1.165) is 6.07 Å². The van der Waals surface area contributed by atoms with Gasteiger partial charge in [0.25, 0.3) is 5.91 Å². The number of methoxy groups -OCH3 is 1. The molecule has 0 unspecified atom stereocenters. The fourth-order valence-corrected chi connectivity index (χ4v) is 2.02. The van der Waals surface area contributed by atoms with Gasteiger partial charge < -0.3 is 10.1 Å². The molecule has 0 aliphatic heterocycles. The van der Waals surface area contributed by atoms with Crippen LogP contribution in [0, 0.1) is 5.82 Å². The Morgan fingerprint density at radius 2 is 2.05 bits per heavy atom. The van der Waals surface area contributed by atoms with Gasteiger partial charge in [-0.25, -0.2) is 4.39 Å². The van der Waals surface area contributed by atoms with E-state index in [1.807, 2.05) is 0 Å². The minimum Gasteiger partial charge on any atom is -0.495 e. The van der Waals surface area contributed by atoms with Gasteiger partial charge in [0.05, 0.1) is 16.6 Å². The third kappa shape index (κ3) is 3.29. The molecule has 0 bridgehead atoms. The van der Waals surface area contributed by atoms with E-state index in [0.29, 0.717) is 20.9 Å². The van der Waals surface area contributed by atoms with Crippen LogP contribution in [0.4, 0.5) is 10.1 Å². The van der Waals surface area contributed by atoms with Crippen molar-refractivity contribution in [2.75, 3.05) is 12.4 Å². The number of nitrogens with one attached hydrogen (secondary N) is 1. The molecule has 3 nitrogen and oxygen atoms in total. The third-order valence-electron chi connectivity index (χ3n) is 2.59. The molecule has 0 atom stereocenters. The number of amides is 1. The zero-order chi connectivity index (χ0) is 14.7. The summed E-state index contributed by atoms with van der Waals surface area (Å²) in [5, 5.41) is 3.09. The molecule has 0 heterocycles. The van der Waals surface area contributed by atoms with Crippen LogP contribution >= 0.6 is 27.5 Å². The summed E-state index contributed by atoms with van der Waals surface area (Å²) in [6.07, 6.45) is 0. The van der Waals surface area contributed by atoms with E-state index in [-0.39, 0.29) is 5.56 Å². The van der Waals surface area contributed by atoms with E-state index in [4.69, 9.17) is 16.3 Å². The summed E-state index contributed by atoms with van der Waals surface area (Å²) in [5.41, 5.74) is 0.735. The number of anilines is 1. The molecule has 0 saturated heterocycles. The van der Waals surface area contributed by atoms with Crippen molar-refractivity contribution in [1.82, 2.24) is 0 Å². The molecule has 1 amide bonds. The van der Waals surface area contributed by atoms with Crippen molar-refractivity contribution in [1.29, 1.82) is 0 Å². The Bertz CT molecular complexity index is 664. The van der Waals surface area contributed by atoms with E-state index in [1.165, 1.54) is 19.2 Å². The number of hydrogen-bond acceptors (Lipinski definition) is 2. The number of hydrogen-bond donors (Lipinski definition) is 1. The number of benzene rings is 2. The van der Waals surface area contributed by atoms with Gasteiger partial charge >= 0.3 is 0 Å². The lowest BCUT2D eigenvalue weighted by Crippen LogP contribution is -2.12. The highest BCUT2D eigenvalue weighted by molar-refractivity contribution is 9.10. The molecular formula is C14H10BrClFNO2. The first kappa shape index (κ1) is 14.8. The zero-order valence-electron chi connectivity index (χ0n) is 10.4. The Kier molecular flexibility index (Phi) is 4.62. The van der Waals surface area contributed by atoms with Crippen molar-refractivity contribution in [3.05, 3.63) is 57.3 Å². The molecule has 6 heteroatoms. The summed E-state index contributed by atoms with van der Waals surface area (Å²) in [6.45, 7) is 0. The number of carbonyl (C=O) groups excluding carboxylic acids is 1. The largest absolute Gasteiger partial charge is 0.495 e. The average molecular weight is 359 g/mol. The highest BCUT2D eigenvalue weighted by atomic mass is 79.9. The van der Waals surface area contributed by atoms with Crippen molar-refractivity contribution < 1.29 is 13.9 Å². The molecule has 1 N–H and O–H groups in total. The van der Waals surface area contributed by atoms with E-state index in [9.17, 15) is 9.18 Å². The molecule has 2 aromatic rings. The molecule has 0 radical (unpaired) electrons. The first-order valence-electron chi connectivity index (χ1n) is 5.61. The van der Waals surface area contributed by atoms with E-state index < -0.39 is 11.7 Å². The average Bonchev–Trinajstić information content (AvgIpc) is 2.43. The maximum atomic E-state index is 13.4. The normalized spacial score (nSPS) is 10.2. The van der Waals surface area contributed by atoms with Gasteiger partial charge in [0.2, 0.25) is 0 Å². The Hall–Kier alpha value is -1.59. The maximum Gasteiger partial charge on any atom is 0.255 e. The first-order valence-corrected chi connectivity index (χ1v) is 6.78. The lowest BCUT2D eigenvalue weighted by atomic mass is 10.2. The molecule has 0 fully saturated rings. The predicted molar refractivity (Wildman–Crippen MR) is 80.1 cm³/mol. The van der Waals surface area contributed by atoms with Crippen LogP contribution < -0.4 is 10.1 Å². The highest BCUT2D eigenvalue weighted by Crippen LogP contribution is 2.27. The van der Waals surface area contributed by atoms with E-state index in [2.05, 4.69) is 21.2 Å². The summed E-state index contributed by atoms with van der Waals surface area (Å²) in [7, 11) is 1.48. The summed E-state index contributed by atoms with van der Waals surface area (Å²) in [6, 6.07) is 9.00. The van der Waals surface area contributed by atoms with Crippen LogP contribution in [0.5, 0.6) is 5.75 Å². The Balaban J connectivity index is 2.21. The summed E-state index contributed by atoms with van der Waals surface area (Å²) in [4.78, 5) is 12.0. The lowest BCUT2D eigenvalue weighted by Gasteiger charge is -2.08. The minimum atomic E-state index is -0.494. The van der Waals surface area contributed by atoms with Crippen LogP contribution in [0.1, 0.15) is 10.4 Å². The molecule has 0 aromatic heterocycles. The quantitative estimate of drug-likeness (QED) is 0.877. The minimum absolute atomic E-state index is 0.222. The molecule has 2 aromatic carbocycles. The Morgan fingerprint density at radius 1 is 1.30 bits per heavy atom. The van der Waals surface area contributed by atoms with Crippen molar-refractivity contribution in [3.8, 4) is 5.75 Å². The van der Waals surface area contributed by atoms with Gasteiger partial charge in [-0.2, -0.15) is 0 Å². The fraction of sp³-hybridized carbons (Fsp3) is 0.0714. The molecular weight excluding hydrogens is 349 g/mol. The Morgan fingerprint density at radius 3 is 2.70 bits per heavy atom. The summed E-state index contributed by atoms with van der Waals surface area (Å²) >= 11 is 8.93. The van der Waals surface area contributed by atoms with Crippen molar-refractivity contribution in [2.45, 2.75) is 0 Å². The summed E-state index contributed by atoms with van der Waals surface area (Å²) in [5.74, 6) is -0.460. The van der Waals surface area contributed by atoms with Gasteiger partial charge in [-0.3, -0.25) is 4.79 Å². The van der Waals surface area contributed by atoms with Crippen LogP contribution in [-0.2, 0) is 0 Å². The number of halogens is 3. The van der Waals surface area contributed by atoms with Crippen LogP contribution in [0.15, 0.2) is 40.9 Å². The van der Waals surface area contributed by atoms with E-state index in [1.54, 1.807) is 18.2 Å². The van der Waals surface area contributed by atoms with Gasteiger partial charge in [-0.1, -0.05) is 11.6 Å². The van der Waals surface area contributed by atoms with Crippen LogP contribution in [0.3, 0.4) is 0 Å². The maximum absolute atomic E-state index is 13.4. The Labute approximate surface area is 128 Å². The molecule has 0 aliphatic rings. The van der Waals surface area contributed by atoms with Crippen molar-refractivity contribution in [2.24, 2.45) is 0 Å². The second kappa shape index (κ2) is 6.24. The van der Waals surface area contributed by atoms with Gasteiger partial charge in [-0.15, -0.1) is 0 Å². The molecule has 0 aliphatic carbocycles. The monoisotopic (exact) mass is 357 g/mol. The number of carbonyl (C=O) groups is 1. The van der Waals surface area contributed by atoms with Crippen LogP contribution in [0.2, 0.25) is 5.02 Å². The molecule has 0 saturated carbocycles. The smallest absolute Gasteiger partial charge is 0.255 e. The number of ether oxygens (including phenoxy) is 1. The zero-order valence-corrected chi connectivity index (χ0v) is 12.8. The second-order valence-corrected chi connectivity index (χ2v) is 5.19. The van der Waals surface area contributed by atoms with Crippen LogP contribution in [0.25, 0.3) is 0 Å². The molecule has 2 rings (SSSR count). The van der Waals surface area contributed by atoms with Crippen LogP contribution in [-0.4, -0.2) is 13.0 Å². The predicted octanol–water partition coefficient (Wildman–Crippen LogP) is 4.50. The number of rotatable bonds is 3. The van der Waals surface area contributed by atoms with Gasteiger partial charge in [0, 0.05) is 17.3 Å². The first-order chi connectivity index (χ1) is 9.51. The lowest BCUT2D eigenvalue weighted by molar-refractivity contribution is 0.102. The third-order valence-corrected chi connectivity index (χ3v) is 3.55. The molecule has 104 valence electrons. The standard InChI is InChI=1S/C14H10BrClFNO2/c1-20-13-7-9(3-5-11(13)16)18-14(19)8-2-4-10(15)12(17)6-8/h2-7H,1H3,(H,18,19). The second-order valence-electron chi connectivity index (χ2n) is 3.93. The highest BCUT2D eigenvalue weighted by Gasteiger charge is 2.10. The van der Waals surface area contributed by atoms with E-state index >= 15 is 0 Å². The van der Waals surface area contributed by atoms with Gasteiger partial charge in [0.1, 0.15) is 11.6 Å². The summed E-state index contributed by atoms with van der Waals surface area (Å²) < 4.78 is 18.8. The molecule has 0 spiro atoms. The fourth-order valence-electron chi connectivity index (χ4n) is 1.58.